The highest BCUT2D eigenvalue weighted by Gasteiger charge is 2.46. The molecule has 1 saturated heterocycles. The van der Waals surface area contributed by atoms with Crippen LogP contribution >= 0.6 is 19.1 Å². The number of halogens is 1. The molecule has 0 saturated carbocycles. The molecule has 2 heterocycles. The molecule has 1 atom stereocenters. The van der Waals surface area contributed by atoms with Crippen molar-refractivity contribution in [1.82, 2.24) is 4.67 Å². The van der Waals surface area contributed by atoms with Gasteiger partial charge < -0.3 is 4.52 Å². The number of imide groups is 1. The average molecular weight is 374 g/mol. The fourth-order valence-electron chi connectivity index (χ4n) is 3.01. The number of carbonyl (C=O) groups excluding carboxylic acids is 2. The molecule has 5 nitrogen and oxygen atoms in total. The molecule has 2 aromatic carbocycles. The van der Waals surface area contributed by atoms with Crippen LogP contribution < -0.4 is 4.52 Å². The van der Waals surface area contributed by atoms with E-state index >= 15 is 0 Å². The zero-order valence-corrected chi connectivity index (χ0v) is 14.7. The molecule has 0 aromatic heterocycles. The normalized spacial score (nSPS) is 22.4. The van der Waals surface area contributed by atoms with Gasteiger partial charge in [0.25, 0.3) is 0 Å². The van der Waals surface area contributed by atoms with Crippen LogP contribution in [0.2, 0.25) is 5.02 Å². The predicted octanol–water partition coefficient (Wildman–Crippen LogP) is 4.46. The second kappa shape index (κ2) is 5.87. The maximum Gasteiger partial charge on any atom is 0.376 e. The summed E-state index contributed by atoms with van der Waals surface area (Å²) in [5.74, 6) is 0.771. The number of hydrogen-bond acceptors (Lipinski definition) is 4. The highest BCUT2D eigenvalue weighted by molar-refractivity contribution is 7.62. The minimum Gasteiger partial charge on any atom is -0.425 e. The maximum absolute atomic E-state index is 13.4. The summed E-state index contributed by atoms with van der Waals surface area (Å²) in [6.45, 7) is 0. The zero-order valence-electron chi connectivity index (χ0n) is 13.0. The lowest BCUT2D eigenvalue weighted by Crippen LogP contribution is -2.28. The predicted molar refractivity (Wildman–Crippen MR) is 94.3 cm³/mol. The van der Waals surface area contributed by atoms with Crippen LogP contribution in [0.1, 0.15) is 24.0 Å². The van der Waals surface area contributed by atoms with Crippen molar-refractivity contribution in [1.29, 1.82) is 0 Å². The quantitative estimate of drug-likeness (QED) is 0.575. The first kappa shape index (κ1) is 16.1. The maximum atomic E-state index is 13.4. The second-order valence-corrected chi connectivity index (χ2v) is 8.21. The van der Waals surface area contributed by atoms with E-state index in [4.69, 9.17) is 16.1 Å². The van der Waals surface area contributed by atoms with Gasteiger partial charge in [0.1, 0.15) is 5.75 Å². The summed E-state index contributed by atoms with van der Waals surface area (Å²) in [4.78, 5) is 24.2. The standard InChI is InChI=1S/C18H13ClNO4P/c19-13-6-7-16-14(10-13)15(12-4-2-1-3-5-12)11-25(23,24-16)20-17(21)8-9-18(20)22/h1-7,10-11H,8-9H2. The van der Waals surface area contributed by atoms with Crippen molar-refractivity contribution in [2.75, 3.05) is 0 Å². The van der Waals surface area contributed by atoms with Gasteiger partial charge in [-0.2, -0.15) is 4.67 Å². The highest BCUT2D eigenvalue weighted by atomic mass is 35.5. The van der Waals surface area contributed by atoms with Gasteiger partial charge in [0, 0.05) is 34.8 Å². The van der Waals surface area contributed by atoms with Crippen LogP contribution in [0, 0.1) is 0 Å². The van der Waals surface area contributed by atoms with E-state index in [0.717, 1.165) is 10.2 Å². The molecule has 4 rings (SSSR count). The van der Waals surface area contributed by atoms with Gasteiger partial charge in [0.2, 0.25) is 11.8 Å². The van der Waals surface area contributed by atoms with Crippen molar-refractivity contribution in [3.05, 3.63) is 70.5 Å². The van der Waals surface area contributed by atoms with Gasteiger partial charge in [-0.25, -0.2) is 4.57 Å². The molecule has 126 valence electrons. The van der Waals surface area contributed by atoms with E-state index in [-0.39, 0.29) is 12.8 Å². The molecule has 0 radical (unpaired) electrons. The van der Waals surface area contributed by atoms with E-state index in [1.807, 2.05) is 30.3 Å². The van der Waals surface area contributed by atoms with Gasteiger partial charge in [-0.1, -0.05) is 41.9 Å². The summed E-state index contributed by atoms with van der Waals surface area (Å²) in [5, 5.41) is 0.509. The first-order chi connectivity index (χ1) is 12.0. The van der Waals surface area contributed by atoms with Gasteiger partial charge in [-0.3, -0.25) is 9.59 Å². The van der Waals surface area contributed by atoms with Gasteiger partial charge in [-0.05, 0) is 23.8 Å². The molecule has 2 aromatic rings. The van der Waals surface area contributed by atoms with Crippen molar-refractivity contribution >= 4 is 36.5 Å². The summed E-state index contributed by atoms with van der Waals surface area (Å²) in [6, 6.07) is 14.2. The number of amides is 2. The minimum atomic E-state index is -3.81. The lowest BCUT2D eigenvalue weighted by Gasteiger charge is -2.30. The summed E-state index contributed by atoms with van der Waals surface area (Å²) >= 11 is 6.10. The van der Waals surface area contributed by atoms with Gasteiger partial charge >= 0.3 is 7.52 Å². The molecule has 0 bridgehead atoms. The fourth-order valence-corrected chi connectivity index (χ4v) is 5.31. The van der Waals surface area contributed by atoms with Crippen LogP contribution in [-0.2, 0) is 14.2 Å². The Kier molecular flexibility index (Phi) is 3.78. The number of carbonyl (C=O) groups is 2. The molecule has 0 spiro atoms. The summed E-state index contributed by atoms with van der Waals surface area (Å²) in [5.41, 5.74) is 2.10. The minimum absolute atomic E-state index is 0.0498. The van der Waals surface area contributed by atoms with E-state index in [9.17, 15) is 14.2 Å². The molecular formula is C18H13ClNO4P. The monoisotopic (exact) mass is 373 g/mol. The largest absolute Gasteiger partial charge is 0.425 e. The van der Waals surface area contributed by atoms with E-state index in [2.05, 4.69) is 0 Å². The topological polar surface area (TPSA) is 63.7 Å². The molecule has 2 aliphatic heterocycles. The Bertz CT molecular complexity index is 954. The molecule has 1 fully saturated rings. The highest BCUT2D eigenvalue weighted by Crippen LogP contribution is 2.60. The molecule has 2 aliphatic rings. The Hall–Kier alpha value is -2.36. The summed E-state index contributed by atoms with van der Waals surface area (Å²) in [6.07, 6.45) is 0.0995. The van der Waals surface area contributed by atoms with Crippen LogP contribution in [0.3, 0.4) is 0 Å². The Morgan fingerprint density at radius 3 is 2.36 bits per heavy atom. The molecule has 1 unspecified atom stereocenters. The van der Waals surface area contributed by atoms with Crippen LogP contribution in [0.5, 0.6) is 5.75 Å². The van der Waals surface area contributed by atoms with Gasteiger partial charge in [0.15, 0.2) is 0 Å². The van der Waals surface area contributed by atoms with Crippen LogP contribution in [0.4, 0.5) is 0 Å². The third kappa shape index (κ3) is 2.70. The summed E-state index contributed by atoms with van der Waals surface area (Å²) in [7, 11) is -3.81. The van der Waals surface area contributed by atoms with E-state index in [0.29, 0.717) is 21.9 Å². The van der Waals surface area contributed by atoms with Crippen LogP contribution in [0.15, 0.2) is 54.3 Å². The Morgan fingerprint density at radius 2 is 1.68 bits per heavy atom. The van der Waals surface area contributed by atoms with Crippen molar-refractivity contribution in [2.45, 2.75) is 12.8 Å². The molecule has 2 amide bonds. The van der Waals surface area contributed by atoms with Crippen LogP contribution in [0.25, 0.3) is 5.57 Å². The summed E-state index contributed by atoms with van der Waals surface area (Å²) < 4.78 is 19.9. The number of nitrogens with zero attached hydrogens (tertiary/aromatic N) is 1. The van der Waals surface area contributed by atoms with Crippen molar-refractivity contribution < 1.29 is 18.7 Å². The Labute approximate surface area is 149 Å². The Morgan fingerprint density at radius 1 is 1.00 bits per heavy atom. The fraction of sp³-hybridized carbons (Fsp3) is 0.111. The van der Waals surface area contributed by atoms with E-state index in [1.165, 1.54) is 5.82 Å². The van der Waals surface area contributed by atoms with E-state index < -0.39 is 19.3 Å². The first-order valence-corrected chi connectivity index (χ1v) is 9.74. The molecule has 25 heavy (non-hydrogen) atoms. The van der Waals surface area contributed by atoms with Crippen molar-refractivity contribution in [3.63, 3.8) is 0 Å². The number of fused-ring (bicyclic) bond motifs is 1. The van der Waals surface area contributed by atoms with Crippen molar-refractivity contribution in [3.8, 4) is 5.75 Å². The average Bonchev–Trinajstić information content (AvgIpc) is 2.95. The molecule has 0 aliphatic carbocycles. The third-order valence-corrected chi connectivity index (χ3v) is 6.42. The third-order valence-electron chi connectivity index (χ3n) is 4.14. The number of rotatable bonds is 2. The lowest BCUT2D eigenvalue weighted by atomic mass is 9.99. The van der Waals surface area contributed by atoms with Crippen LogP contribution in [-0.4, -0.2) is 16.5 Å². The van der Waals surface area contributed by atoms with Crippen molar-refractivity contribution in [2.24, 2.45) is 0 Å². The van der Waals surface area contributed by atoms with Gasteiger partial charge in [0.05, 0.1) is 0 Å². The number of hydrogen-bond donors (Lipinski definition) is 0. The second-order valence-electron chi connectivity index (χ2n) is 5.80. The lowest BCUT2D eigenvalue weighted by molar-refractivity contribution is -0.132. The smallest absolute Gasteiger partial charge is 0.376 e. The molecule has 0 N–H and O–H groups in total. The van der Waals surface area contributed by atoms with Gasteiger partial charge in [-0.15, -0.1) is 0 Å². The molecular weight excluding hydrogens is 361 g/mol. The van der Waals surface area contributed by atoms with E-state index in [1.54, 1.807) is 18.2 Å². The Balaban J connectivity index is 1.93. The SMILES string of the molecule is O=C1CCC(=O)N1P1(=O)C=C(c2ccccc2)c2cc(Cl)ccc2O1. The number of benzene rings is 2. The molecule has 7 heteroatoms. The first-order valence-electron chi connectivity index (χ1n) is 7.72. The zero-order chi connectivity index (χ0) is 17.6.